The number of carbonyl (C=O) groups excluding carboxylic acids is 1. The van der Waals surface area contributed by atoms with E-state index in [2.05, 4.69) is 35.7 Å². The zero-order chi connectivity index (χ0) is 34.0. The van der Waals surface area contributed by atoms with Crippen LogP contribution < -0.4 is 10.6 Å². The van der Waals surface area contributed by atoms with Crippen molar-refractivity contribution in [3.63, 3.8) is 0 Å². The number of pyridine rings is 1. The van der Waals surface area contributed by atoms with Crippen molar-refractivity contribution in [1.82, 2.24) is 34.3 Å². The number of aromatic nitrogens is 7. The summed E-state index contributed by atoms with van der Waals surface area (Å²) in [6.07, 6.45) is 7.89. The summed E-state index contributed by atoms with van der Waals surface area (Å²) in [7, 11) is 5.59. The van der Waals surface area contributed by atoms with Gasteiger partial charge < -0.3 is 29.8 Å². The molecule has 0 saturated heterocycles. The Bertz CT molecular complexity index is 2210. The third kappa shape index (κ3) is 7.00. The summed E-state index contributed by atoms with van der Waals surface area (Å²) in [5.41, 5.74) is 3.58. The van der Waals surface area contributed by atoms with Crippen LogP contribution in [0, 0.1) is 22.9 Å². The van der Waals surface area contributed by atoms with E-state index in [0.717, 1.165) is 22.2 Å². The van der Waals surface area contributed by atoms with Gasteiger partial charge in [0, 0.05) is 36.5 Å². The van der Waals surface area contributed by atoms with Crippen LogP contribution in [0.2, 0.25) is 0 Å². The summed E-state index contributed by atoms with van der Waals surface area (Å²) >= 11 is 0. The molecule has 244 valence electrons. The van der Waals surface area contributed by atoms with Gasteiger partial charge in [0.15, 0.2) is 5.69 Å². The lowest BCUT2D eigenvalue weighted by Gasteiger charge is -2.28. The van der Waals surface area contributed by atoms with Crippen molar-refractivity contribution in [2.75, 3.05) is 31.3 Å². The highest BCUT2D eigenvalue weighted by atomic mass is 19.1. The highest BCUT2D eigenvalue weighted by Crippen LogP contribution is 2.27. The summed E-state index contributed by atoms with van der Waals surface area (Å²) in [6.45, 7) is 2.96. The van der Waals surface area contributed by atoms with Gasteiger partial charge in [-0.1, -0.05) is 12.1 Å². The standard InChI is InChI=1S/C33H32FN11O3/c1-21-39-33(44(47)48)29(42(21)2)19-45(3,4)12-6-9-31(46)41-30-15-26-27(17-35-30)36-20-37-32(26)40-25-10-11-28-23(14-25)16-38-43(28)18-22-7-5-8-24(34)13-22/h5-11,13-17,20H,12,18-19H2,1-4H3,(H-,35,36,37,40,41,46)/p+1/b9-6+. The van der Waals surface area contributed by atoms with Crippen LogP contribution in [0.25, 0.3) is 21.8 Å². The Hall–Kier alpha value is -6.09. The zero-order valence-electron chi connectivity index (χ0n) is 26.8. The molecule has 0 aliphatic carbocycles. The number of quaternary nitrogens is 1. The van der Waals surface area contributed by atoms with Gasteiger partial charge in [-0.25, -0.2) is 19.3 Å². The molecule has 1 amide bonds. The molecule has 48 heavy (non-hydrogen) atoms. The minimum atomic E-state index is -0.472. The van der Waals surface area contributed by atoms with E-state index in [1.165, 1.54) is 24.5 Å². The van der Waals surface area contributed by atoms with Gasteiger partial charge in [0.05, 0.1) is 50.6 Å². The average Bonchev–Trinajstić information content (AvgIpc) is 3.56. The maximum Gasteiger partial charge on any atom is 0.391 e. The van der Waals surface area contributed by atoms with Gasteiger partial charge in [-0.3, -0.25) is 9.48 Å². The van der Waals surface area contributed by atoms with Crippen molar-refractivity contribution in [2.24, 2.45) is 7.05 Å². The largest absolute Gasteiger partial charge is 0.391 e. The zero-order valence-corrected chi connectivity index (χ0v) is 26.8. The number of hydrogen-bond acceptors (Lipinski definition) is 9. The molecule has 6 rings (SSSR count). The molecule has 0 bridgehead atoms. The first-order valence-corrected chi connectivity index (χ1v) is 15.0. The predicted molar refractivity (Wildman–Crippen MR) is 179 cm³/mol. The van der Waals surface area contributed by atoms with Gasteiger partial charge in [-0.2, -0.15) is 5.10 Å². The lowest BCUT2D eigenvalue weighted by Crippen LogP contribution is -2.39. The quantitative estimate of drug-likeness (QED) is 0.0849. The normalized spacial score (nSPS) is 11.9. The van der Waals surface area contributed by atoms with Crippen LogP contribution in [-0.2, 0) is 24.9 Å². The van der Waals surface area contributed by atoms with Gasteiger partial charge >= 0.3 is 5.82 Å². The molecule has 0 radical (unpaired) electrons. The van der Waals surface area contributed by atoms with Crippen LogP contribution in [0.3, 0.4) is 0 Å². The van der Waals surface area contributed by atoms with Crippen LogP contribution in [0.5, 0.6) is 0 Å². The number of imidazole rings is 1. The Kier molecular flexibility index (Phi) is 8.61. The fourth-order valence-corrected chi connectivity index (χ4v) is 5.41. The first-order valence-electron chi connectivity index (χ1n) is 15.0. The van der Waals surface area contributed by atoms with Crippen molar-refractivity contribution >= 4 is 50.9 Å². The number of amides is 1. The number of hydrogen-bond donors (Lipinski definition) is 2. The molecule has 6 aromatic rings. The van der Waals surface area contributed by atoms with E-state index in [9.17, 15) is 19.3 Å². The Balaban J connectivity index is 1.13. The molecule has 4 heterocycles. The van der Waals surface area contributed by atoms with Crippen molar-refractivity contribution in [2.45, 2.75) is 20.0 Å². The average molecular weight is 651 g/mol. The van der Waals surface area contributed by atoms with Crippen LogP contribution in [-0.4, -0.2) is 70.2 Å². The van der Waals surface area contributed by atoms with Crippen molar-refractivity contribution < 1.29 is 18.6 Å². The van der Waals surface area contributed by atoms with E-state index >= 15 is 0 Å². The number of nitro groups is 1. The van der Waals surface area contributed by atoms with E-state index in [1.807, 2.05) is 43.0 Å². The maximum absolute atomic E-state index is 13.7. The number of likely N-dealkylation sites (N-methyl/N-ethyl adjacent to an activating group) is 1. The minimum Gasteiger partial charge on any atom is -0.358 e. The Morgan fingerprint density at radius 2 is 1.94 bits per heavy atom. The molecule has 0 fully saturated rings. The van der Waals surface area contributed by atoms with Crippen LogP contribution in [0.1, 0.15) is 17.1 Å². The summed E-state index contributed by atoms with van der Waals surface area (Å²) in [6, 6.07) is 13.9. The molecule has 0 aliphatic heterocycles. The number of benzene rings is 2. The second-order valence-electron chi connectivity index (χ2n) is 12.1. The summed E-state index contributed by atoms with van der Waals surface area (Å²) in [4.78, 5) is 40.9. The van der Waals surface area contributed by atoms with Crippen LogP contribution >= 0.6 is 0 Å². The second kappa shape index (κ2) is 13.0. The number of rotatable bonds is 11. The number of aryl methyl sites for hydroxylation is 1. The number of halogens is 1. The topological polar surface area (TPSA) is 159 Å². The van der Waals surface area contributed by atoms with Gasteiger partial charge in [-0.05, 0) is 57.9 Å². The molecule has 0 unspecified atom stereocenters. The van der Waals surface area contributed by atoms with Crippen LogP contribution in [0.4, 0.5) is 27.5 Å². The fourth-order valence-electron chi connectivity index (χ4n) is 5.41. The van der Waals surface area contributed by atoms with E-state index < -0.39 is 4.92 Å². The number of fused-ring (bicyclic) bond motifs is 2. The first kappa shape index (κ1) is 31.9. The van der Waals surface area contributed by atoms with Gasteiger partial charge in [0.25, 0.3) is 0 Å². The summed E-state index contributed by atoms with van der Waals surface area (Å²) in [5, 5.41) is 23.6. The minimum absolute atomic E-state index is 0.155. The van der Waals surface area contributed by atoms with Crippen molar-refractivity contribution in [3.05, 3.63) is 112 Å². The number of anilines is 3. The number of nitrogens with zero attached hydrogens (tertiary/aromatic N) is 9. The van der Waals surface area contributed by atoms with E-state index in [-0.39, 0.29) is 17.5 Å². The van der Waals surface area contributed by atoms with E-state index in [1.54, 1.807) is 49.1 Å². The van der Waals surface area contributed by atoms with Crippen LogP contribution in [0.15, 0.2) is 79.4 Å². The maximum atomic E-state index is 13.7. The first-order chi connectivity index (χ1) is 23.0. The molecule has 4 aromatic heterocycles. The van der Waals surface area contributed by atoms with Crippen molar-refractivity contribution in [3.8, 4) is 0 Å². The SMILES string of the molecule is Cc1nc([N+](=O)[O-])c(C[N+](C)(C)C/C=C/C(=O)Nc2cc3c(Nc4ccc5c(cnn5Cc5cccc(F)c5)c4)ncnc3cn2)n1C. The third-order valence-corrected chi connectivity index (χ3v) is 7.93. The van der Waals surface area contributed by atoms with E-state index in [0.29, 0.717) is 58.2 Å². The molecule has 15 heteroatoms. The Morgan fingerprint density at radius 1 is 1.10 bits per heavy atom. The predicted octanol–water partition coefficient (Wildman–Crippen LogP) is 5.03. The highest BCUT2D eigenvalue weighted by molar-refractivity contribution is 6.00. The number of nitrogens with one attached hydrogen (secondary N) is 2. The summed E-state index contributed by atoms with van der Waals surface area (Å²) < 4.78 is 17.6. The molecular formula is C33H33FN11O3+. The second-order valence-corrected chi connectivity index (χ2v) is 12.1. The molecule has 2 N–H and O–H groups in total. The Morgan fingerprint density at radius 3 is 2.73 bits per heavy atom. The van der Waals surface area contributed by atoms with Crippen molar-refractivity contribution in [1.29, 1.82) is 0 Å². The molecule has 0 saturated carbocycles. The van der Waals surface area contributed by atoms with E-state index in [4.69, 9.17) is 0 Å². The lowest BCUT2D eigenvalue weighted by molar-refractivity contribution is -0.898. The summed E-state index contributed by atoms with van der Waals surface area (Å²) in [5.74, 6) is 0.584. The van der Waals surface area contributed by atoms with Gasteiger partial charge in [0.2, 0.25) is 11.7 Å². The fraction of sp³-hybridized carbons (Fsp3) is 0.212. The Labute approximate surface area is 274 Å². The lowest BCUT2D eigenvalue weighted by atomic mass is 10.2. The smallest absolute Gasteiger partial charge is 0.358 e. The monoisotopic (exact) mass is 650 g/mol. The van der Waals surface area contributed by atoms with Gasteiger partial charge in [0.1, 0.15) is 30.3 Å². The molecule has 0 atom stereocenters. The molecular weight excluding hydrogens is 617 g/mol. The molecule has 14 nitrogen and oxygen atoms in total. The highest BCUT2D eigenvalue weighted by Gasteiger charge is 2.29. The third-order valence-electron chi connectivity index (χ3n) is 7.93. The number of carbonyl (C=O) groups is 1. The molecule has 0 aliphatic rings. The molecule has 2 aromatic carbocycles. The molecule has 0 spiro atoms. The van der Waals surface area contributed by atoms with Gasteiger partial charge in [-0.15, -0.1) is 0 Å².